The third kappa shape index (κ3) is 36.5. The van der Waals surface area contributed by atoms with Gasteiger partial charge in [-0.15, -0.1) is 0 Å². The van der Waals surface area contributed by atoms with E-state index in [1.54, 1.807) is 0 Å². The van der Waals surface area contributed by atoms with Gasteiger partial charge in [0.05, 0.1) is 22.8 Å². The summed E-state index contributed by atoms with van der Waals surface area (Å²) in [5.41, 5.74) is 7.45. The van der Waals surface area contributed by atoms with Gasteiger partial charge in [-0.25, -0.2) is 0 Å². The first-order valence-corrected chi connectivity index (χ1v) is 29.3. The third-order valence-electron chi connectivity index (χ3n) is 13.8. The molecular weight excluding hydrogens is 903 g/mol. The van der Waals surface area contributed by atoms with Gasteiger partial charge in [0.15, 0.2) is 0 Å². The molecule has 2 aromatic carbocycles. The van der Waals surface area contributed by atoms with Crippen LogP contribution in [-0.4, -0.2) is 11.4 Å². The second-order valence-electron chi connectivity index (χ2n) is 20.1. The van der Waals surface area contributed by atoms with Gasteiger partial charge in [0.25, 0.3) is 0 Å². The fourth-order valence-corrected chi connectivity index (χ4v) is 9.41. The number of aliphatic imine (C=N–C) groups is 2. The minimum atomic E-state index is 0. The predicted octanol–water partition coefficient (Wildman–Crippen LogP) is 22.4. The standard InChI is InChI=1S/C64H108N2.Pd/c1-5-9-13-16-19-21-23-25-27-29-31-33-35-37-39-41-44-51-59-53-47-49-56-61(59)65-63(55-12-8-4)64(58-46-43-18-15-11-7-3)66-62-57-50-48-54-60(62)52-45-42-40-38-36-34-32-30-28-26-24-22-20-17-14-10-6-2;/h39-42,47-50,53-54,56-57H,5-38,43-46,51-52,55,58H2,1-4H3;. The Balaban J connectivity index is 0.0000224. The average molecular weight is 1010 g/mol. The molecule has 0 amide bonds. The summed E-state index contributed by atoms with van der Waals surface area (Å²) in [6.07, 6.45) is 65.3. The summed E-state index contributed by atoms with van der Waals surface area (Å²) >= 11 is 0. The maximum absolute atomic E-state index is 5.57. The maximum Gasteiger partial charge on any atom is 0.0665 e. The quantitative estimate of drug-likeness (QED) is 0.0273. The first-order valence-electron chi connectivity index (χ1n) is 29.3. The van der Waals surface area contributed by atoms with Crippen molar-refractivity contribution in [3.05, 3.63) is 84.0 Å². The van der Waals surface area contributed by atoms with E-state index in [-0.39, 0.29) is 20.4 Å². The number of para-hydroxylation sites is 2. The van der Waals surface area contributed by atoms with Gasteiger partial charge in [-0.3, -0.25) is 9.98 Å². The van der Waals surface area contributed by atoms with Crippen LogP contribution in [0.1, 0.15) is 296 Å². The van der Waals surface area contributed by atoms with Crippen LogP contribution in [0, 0.1) is 0 Å². The van der Waals surface area contributed by atoms with Gasteiger partial charge in [-0.05, 0) is 100 Å². The molecule has 2 nitrogen and oxygen atoms in total. The molecule has 2 aromatic rings. The molecule has 0 aliphatic carbocycles. The molecule has 0 atom stereocenters. The van der Waals surface area contributed by atoms with Gasteiger partial charge in [-0.1, -0.05) is 281 Å². The van der Waals surface area contributed by atoms with Crippen LogP contribution >= 0.6 is 0 Å². The molecule has 0 radical (unpaired) electrons. The van der Waals surface area contributed by atoms with Crippen molar-refractivity contribution in [1.29, 1.82) is 0 Å². The first kappa shape index (κ1) is 62.9. The number of unbranched alkanes of at least 4 members (excludes halogenated alkanes) is 32. The Bertz CT molecular complexity index is 1480. The van der Waals surface area contributed by atoms with E-state index in [0.717, 1.165) is 62.7 Å². The van der Waals surface area contributed by atoms with Crippen molar-refractivity contribution in [2.45, 2.75) is 297 Å². The Morgan fingerprint density at radius 2 is 0.582 bits per heavy atom. The fraction of sp³-hybridized carbons (Fsp3) is 0.719. The molecule has 0 aromatic heterocycles. The molecule has 2 rings (SSSR count). The molecule has 67 heavy (non-hydrogen) atoms. The monoisotopic (exact) mass is 1010 g/mol. The molecule has 0 bridgehead atoms. The van der Waals surface area contributed by atoms with Crippen LogP contribution in [0.25, 0.3) is 0 Å². The van der Waals surface area contributed by atoms with Crippen molar-refractivity contribution in [2.75, 3.05) is 0 Å². The maximum atomic E-state index is 5.57. The third-order valence-corrected chi connectivity index (χ3v) is 13.8. The molecule has 384 valence electrons. The Labute approximate surface area is 432 Å². The number of hydrogen-bond donors (Lipinski definition) is 0. The van der Waals surface area contributed by atoms with Crippen LogP contribution < -0.4 is 0 Å². The number of benzene rings is 2. The molecule has 0 aliphatic rings. The van der Waals surface area contributed by atoms with Crippen molar-refractivity contribution in [3.8, 4) is 0 Å². The first-order chi connectivity index (χ1) is 32.7. The average Bonchev–Trinajstić information content (AvgIpc) is 3.33. The number of allylic oxidation sites excluding steroid dienone is 4. The second-order valence-corrected chi connectivity index (χ2v) is 20.1. The summed E-state index contributed by atoms with van der Waals surface area (Å²) in [7, 11) is 0. The number of rotatable bonds is 47. The molecule has 3 heteroatoms. The van der Waals surface area contributed by atoms with E-state index in [2.05, 4.69) is 101 Å². The van der Waals surface area contributed by atoms with E-state index in [1.807, 2.05) is 0 Å². The van der Waals surface area contributed by atoms with Crippen LogP contribution in [0.4, 0.5) is 11.4 Å². The van der Waals surface area contributed by atoms with Crippen LogP contribution in [0.3, 0.4) is 0 Å². The number of aryl methyl sites for hydroxylation is 2. The summed E-state index contributed by atoms with van der Waals surface area (Å²) in [6, 6.07) is 17.9. The zero-order chi connectivity index (χ0) is 47.1. The number of hydrogen-bond acceptors (Lipinski definition) is 2. The normalized spacial score (nSPS) is 12.2. The molecule has 0 spiro atoms. The van der Waals surface area contributed by atoms with Crippen molar-refractivity contribution < 1.29 is 20.4 Å². The van der Waals surface area contributed by atoms with Gasteiger partial charge >= 0.3 is 0 Å². The van der Waals surface area contributed by atoms with Crippen LogP contribution in [0.5, 0.6) is 0 Å². The van der Waals surface area contributed by atoms with E-state index in [4.69, 9.17) is 9.98 Å². The van der Waals surface area contributed by atoms with Crippen LogP contribution in [-0.2, 0) is 33.3 Å². The largest absolute Gasteiger partial charge is 0.251 e. The topological polar surface area (TPSA) is 24.7 Å². The summed E-state index contributed by atoms with van der Waals surface area (Å²) < 4.78 is 0. The summed E-state index contributed by atoms with van der Waals surface area (Å²) in [5.74, 6) is 0. The molecular formula is C64H108N2Pd. The zero-order valence-electron chi connectivity index (χ0n) is 44.8. The van der Waals surface area contributed by atoms with Gasteiger partial charge in [0, 0.05) is 20.4 Å². The molecule has 0 saturated heterocycles. The Morgan fingerprint density at radius 3 is 0.925 bits per heavy atom. The smallest absolute Gasteiger partial charge is 0.0665 e. The molecule has 0 saturated carbocycles. The second kappa shape index (κ2) is 48.9. The van der Waals surface area contributed by atoms with E-state index in [1.165, 1.54) is 241 Å². The molecule has 0 aliphatic heterocycles. The van der Waals surface area contributed by atoms with E-state index < -0.39 is 0 Å². The Kier molecular flexibility index (Phi) is 46.0. The SMILES string of the molecule is CCCCCCCCCCCCCCCC=CCCc1ccccc1N=C(CCCC)C(CCCCCCCC)=Nc1ccccc1CCC=CCCCCCCCCCCCCCCC.[Pd]. The summed E-state index contributed by atoms with van der Waals surface area (Å²) in [5, 5.41) is 0. The van der Waals surface area contributed by atoms with Gasteiger partial charge < -0.3 is 0 Å². The van der Waals surface area contributed by atoms with Crippen molar-refractivity contribution in [2.24, 2.45) is 9.98 Å². The number of nitrogens with zero attached hydrogens (tertiary/aromatic N) is 2. The van der Waals surface area contributed by atoms with Gasteiger partial charge in [-0.2, -0.15) is 0 Å². The van der Waals surface area contributed by atoms with Crippen LogP contribution in [0.2, 0.25) is 0 Å². The predicted molar refractivity (Wildman–Crippen MR) is 300 cm³/mol. The van der Waals surface area contributed by atoms with E-state index in [0.29, 0.717) is 0 Å². The van der Waals surface area contributed by atoms with Crippen molar-refractivity contribution in [3.63, 3.8) is 0 Å². The minimum Gasteiger partial charge on any atom is -0.251 e. The summed E-state index contributed by atoms with van der Waals surface area (Å²) in [6.45, 7) is 9.23. The summed E-state index contributed by atoms with van der Waals surface area (Å²) in [4.78, 5) is 11.1. The molecule has 0 N–H and O–H groups in total. The Hall–Kier alpha value is -2.08. The molecule has 0 fully saturated rings. The van der Waals surface area contributed by atoms with E-state index in [9.17, 15) is 0 Å². The van der Waals surface area contributed by atoms with E-state index >= 15 is 0 Å². The fourth-order valence-electron chi connectivity index (χ4n) is 9.41. The van der Waals surface area contributed by atoms with Gasteiger partial charge in [0.1, 0.15) is 0 Å². The van der Waals surface area contributed by atoms with Crippen LogP contribution in [0.15, 0.2) is 82.8 Å². The molecule has 0 heterocycles. The van der Waals surface area contributed by atoms with Gasteiger partial charge in [0.2, 0.25) is 0 Å². The van der Waals surface area contributed by atoms with Crippen molar-refractivity contribution in [1.82, 2.24) is 0 Å². The Morgan fingerprint density at radius 1 is 0.313 bits per heavy atom. The molecule has 0 unspecified atom stereocenters. The minimum absolute atomic E-state index is 0. The van der Waals surface area contributed by atoms with Crippen molar-refractivity contribution >= 4 is 22.8 Å². The zero-order valence-corrected chi connectivity index (χ0v) is 46.4.